The number of nitrogens with one attached hydrogen (secondary N) is 1. The van der Waals surface area contributed by atoms with E-state index < -0.39 is 6.67 Å². The molecule has 1 aromatic carbocycles. The van der Waals surface area contributed by atoms with E-state index in [-0.39, 0.29) is 12.5 Å². The molecule has 1 heterocycles. The van der Waals surface area contributed by atoms with Crippen molar-refractivity contribution in [2.24, 2.45) is 0 Å². The largest absolute Gasteiger partial charge is 0.497 e. The Labute approximate surface area is 127 Å². The van der Waals surface area contributed by atoms with Crippen molar-refractivity contribution in [3.05, 3.63) is 51.7 Å². The molecule has 0 fully saturated rings. The molecule has 0 saturated carbocycles. The number of rotatable bonds is 6. The Hall–Kier alpha value is -2.14. The van der Waals surface area contributed by atoms with Crippen molar-refractivity contribution in [3.63, 3.8) is 0 Å². The number of hydrogen-bond donors (Lipinski definition) is 1. The summed E-state index contributed by atoms with van der Waals surface area (Å²) < 4.78 is 17.1. The number of carbonyl (C=O) groups excluding carboxylic acids is 1. The summed E-state index contributed by atoms with van der Waals surface area (Å²) in [7, 11) is 1.63. The van der Waals surface area contributed by atoms with E-state index in [1.165, 1.54) is 11.3 Å². The quantitative estimate of drug-likeness (QED) is 0.885. The Morgan fingerprint density at radius 3 is 2.67 bits per heavy atom. The average molecular weight is 305 g/mol. The standard InChI is InChI=1S/C16H16FNO2S/c1-20-13-5-2-12(3-6-13)4-7-14-8-9-15(21-14)16(19)18-11-10-17/h2-9H,10-11H2,1H3,(H,18,19)/b7-4+. The SMILES string of the molecule is COc1ccc(/C=C/c2ccc(C(=O)NCCF)s2)cc1. The van der Waals surface area contributed by atoms with Gasteiger partial charge in [0.05, 0.1) is 12.0 Å². The van der Waals surface area contributed by atoms with Crippen LogP contribution in [0.15, 0.2) is 36.4 Å². The van der Waals surface area contributed by atoms with Gasteiger partial charge in [-0.1, -0.05) is 18.2 Å². The highest BCUT2D eigenvalue weighted by Crippen LogP contribution is 2.20. The highest BCUT2D eigenvalue weighted by atomic mass is 32.1. The molecule has 1 N–H and O–H groups in total. The molecule has 2 rings (SSSR count). The Bertz CT molecular complexity index is 619. The second-order valence-electron chi connectivity index (χ2n) is 4.25. The number of benzene rings is 1. The molecular formula is C16H16FNO2S. The lowest BCUT2D eigenvalue weighted by Crippen LogP contribution is -2.24. The monoisotopic (exact) mass is 305 g/mol. The van der Waals surface area contributed by atoms with Crippen LogP contribution in [0.4, 0.5) is 4.39 Å². The van der Waals surface area contributed by atoms with Crippen molar-refractivity contribution < 1.29 is 13.9 Å². The van der Waals surface area contributed by atoms with E-state index in [4.69, 9.17) is 4.74 Å². The summed E-state index contributed by atoms with van der Waals surface area (Å²) in [6, 6.07) is 11.3. The summed E-state index contributed by atoms with van der Waals surface area (Å²) in [5.74, 6) is 0.580. The minimum atomic E-state index is -0.554. The van der Waals surface area contributed by atoms with Crippen LogP contribution in [0.5, 0.6) is 5.75 Å². The zero-order valence-corrected chi connectivity index (χ0v) is 12.5. The van der Waals surface area contributed by atoms with E-state index in [1.54, 1.807) is 13.2 Å². The molecular weight excluding hydrogens is 289 g/mol. The highest BCUT2D eigenvalue weighted by molar-refractivity contribution is 7.14. The van der Waals surface area contributed by atoms with Gasteiger partial charge in [0.25, 0.3) is 5.91 Å². The summed E-state index contributed by atoms with van der Waals surface area (Å²) in [6.07, 6.45) is 3.91. The van der Waals surface area contributed by atoms with Gasteiger partial charge in [-0.25, -0.2) is 4.39 Å². The van der Waals surface area contributed by atoms with E-state index in [0.717, 1.165) is 16.2 Å². The average Bonchev–Trinajstić information content (AvgIpc) is 3.00. The summed E-state index contributed by atoms with van der Waals surface area (Å²) in [5.41, 5.74) is 1.05. The van der Waals surface area contributed by atoms with Gasteiger partial charge in [-0.05, 0) is 35.9 Å². The zero-order valence-electron chi connectivity index (χ0n) is 11.6. The molecule has 0 atom stereocenters. The Morgan fingerprint density at radius 2 is 2.00 bits per heavy atom. The number of halogens is 1. The number of ether oxygens (including phenoxy) is 1. The molecule has 1 aromatic heterocycles. The van der Waals surface area contributed by atoms with E-state index >= 15 is 0 Å². The first-order chi connectivity index (χ1) is 10.2. The van der Waals surface area contributed by atoms with Gasteiger partial charge < -0.3 is 10.1 Å². The van der Waals surface area contributed by atoms with Gasteiger partial charge in [0.2, 0.25) is 0 Å². The molecule has 21 heavy (non-hydrogen) atoms. The lowest BCUT2D eigenvalue weighted by Gasteiger charge is -1.99. The van der Waals surface area contributed by atoms with Gasteiger partial charge in [0, 0.05) is 11.4 Å². The van der Waals surface area contributed by atoms with E-state index in [2.05, 4.69) is 5.32 Å². The predicted octanol–water partition coefficient (Wildman–Crippen LogP) is 3.63. The maximum Gasteiger partial charge on any atom is 0.261 e. The third-order valence-corrected chi connectivity index (χ3v) is 3.84. The first-order valence-electron chi connectivity index (χ1n) is 6.49. The minimum Gasteiger partial charge on any atom is -0.497 e. The third-order valence-electron chi connectivity index (χ3n) is 2.79. The first-order valence-corrected chi connectivity index (χ1v) is 7.30. The van der Waals surface area contributed by atoms with Crippen molar-refractivity contribution >= 4 is 29.4 Å². The number of thiophene rings is 1. The van der Waals surface area contributed by atoms with Crippen molar-refractivity contribution in [3.8, 4) is 5.75 Å². The Kier molecular flexibility index (Phi) is 5.51. The molecule has 0 aliphatic heterocycles. The Morgan fingerprint density at radius 1 is 1.24 bits per heavy atom. The third kappa shape index (κ3) is 4.43. The topological polar surface area (TPSA) is 38.3 Å². The molecule has 0 aliphatic carbocycles. The number of amides is 1. The number of alkyl halides is 1. The zero-order chi connectivity index (χ0) is 15.1. The van der Waals surface area contributed by atoms with Crippen LogP contribution >= 0.6 is 11.3 Å². The minimum absolute atomic E-state index is 0.0494. The fourth-order valence-corrected chi connectivity index (χ4v) is 2.53. The van der Waals surface area contributed by atoms with Crippen LogP contribution in [-0.4, -0.2) is 26.2 Å². The smallest absolute Gasteiger partial charge is 0.261 e. The fraction of sp³-hybridized carbons (Fsp3) is 0.188. The van der Waals surface area contributed by atoms with E-state index in [9.17, 15) is 9.18 Å². The van der Waals surface area contributed by atoms with Gasteiger partial charge in [0.15, 0.2) is 0 Å². The van der Waals surface area contributed by atoms with Crippen LogP contribution in [0.2, 0.25) is 0 Å². The van der Waals surface area contributed by atoms with Crippen LogP contribution in [0, 0.1) is 0 Å². The van der Waals surface area contributed by atoms with Crippen molar-refractivity contribution in [2.45, 2.75) is 0 Å². The molecule has 5 heteroatoms. The summed E-state index contributed by atoms with van der Waals surface area (Å²) in [4.78, 5) is 13.2. The molecule has 0 bridgehead atoms. The molecule has 1 amide bonds. The molecule has 0 spiro atoms. The second-order valence-corrected chi connectivity index (χ2v) is 5.37. The maximum atomic E-state index is 12.0. The Balaban J connectivity index is 2.00. The van der Waals surface area contributed by atoms with Crippen LogP contribution in [-0.2, 0) is 0 Å². The van der Waals surface area contributed by atoms with Crippen LogP contribution in [0.25, 0.3) is 12.2 Å². The summed E-state index contributed by atoms with van der Waals surface area (Å²) >= 11 is 1.37. The predicted molar refractivity (Wildman–Crippen MR) is 84.5 cm³/mol. The highest BCUT2D eigenvalue weighted by Gasteiger charge is 2.07. The van der Waals surface area contributed by atoms with Crippen molar-refractivity contribution in [1.82, 2.24) is 5.32 Å². The maximum absolute atomic E-state index is 12.0. The molecule has 2 aromatic rings. The second kappa shape index (κ2) is 7.59. The normalized spacial score (nSPS) is 10.8. The van der Waals surface area contributed by atoms with Crippen LogP contribution in [0.1, 0.15) is 20.1 Å². The molecule has 0 saturated heterocycles. The number of hydrogen-bond acceptors (Lipinski definition) is 3. The molecule has 0 aliphatic rings. The molecule has 0 unspecified atom stereocenters. The van der Waals surface area contributed by atoms with E-state index in [1.807, 2.05) is 42.5 Å². The van der Waals surface area contributed by atoms with Crippen molar-refractivity contribution in [2.75, 3.05) is 20.3 Å². The fourth-order valence-electron chi connectivity index (χ4n) is 1.71. The van der Waals surface area contributed by atoms with Gasteiger partial charge in [-0.15, -0.1) is 11.3 Å². The number of methoxy groups -OCH3 is 1. The van der Waals surface area contributed by atoms with Crippen LogP contribution < -0.4 is 10.1 Å². The number of carbonyl (C=O) groups is 1. The lowest BCUT2D eigenvalue weighted by atomic mass is 10.2. The molecule has 110 valence electrons. The van der Waals surface area contributed by atoms with Gasteiger partial charge >= 0.3 is 0 Å². The van der Waals surface area contributed by atoms with Gasteiger partial charge in [0.1, 0.15) is 12.4 Å². The summed E-state index contributed by atoms with van der Waals surface area (Å²) in [5, 5.41) is 2.51. The molecule has 3 nitrogen and oxygen atoms in total. The van der Waals surface area contributed by atoms with E-state index in [0.29, 0.717) is 4.88 Å². The van der Waals surface area contributed by atoms with Crippen LogP contribution in [0.3, 0.4) is 0 Å². The summed E-state index contributed by atoms with van der Waals surface area (Å²) in [6.45, 7) is -0.505. The first kappa shape index (κ1) is 15.3. The van der Waals surface area contributed by atoms with Gasteiger partial charge in [-0.3, -0.25) is 4.79 Å². The molecule has 0 radical (unpaired) electrons. The van der Waals surface area contributed by atoms with Gasteiger partial charge in [-0.2, -0.15) is 0 Å². The lowest BCUT2D eigenvalue weighted by molar-refractivity contribution is 0.0955. The van der Waals surface area contributed by atoms with Crippen molar-refractivity contribution in [1.29, 1.82) is 0 Å².